The minimum Gasteiger partial charge on any atom is -0.324 e. The molecule has 25 heavy (non-hydrogen) atoms. The van der Waals surface area contributed by atoms with E-state index in [1.54, 1.807) is 10.6 Å². The van der Waals surface area contributed by atoms with Crippen molar-refractivity contribution in [2.45, 2.75) is 27.3 Å². The Morgan fingerprint density at radius 3 is 2.72 bits per heavy atom. The van der Waals surface area contributed by atoms with Crippen LogP contribution in [0.3, 0.4) is 0 Å². The van der Waals surface area contributed by atoms with Gasteiger partial charge in [-0.05, 0) is 17.5 Å². The largest absolute Gasteiger partial charge is 0.324 e. The Bertz CT molecular complexity index is 1190. The Morgan fingerprint density at radius 2 is 2.04 bits per heavy atom. The van der Waals surface area contributed by atoms with E-state index in [1.165, 1.54) is 12.4 Å². The number of nitriles is 1. The lowest BCUT2D eigenvalue weighted by Crippen LogP contribution is -2.16. The van der Waals surface area contributed by atoms with Crippen molar-refractivity contribution in [3.8, 4) is 6.07 Å². The van der Waals surface area contributed by atoms with E-state index in [0.29, 0.717) is 34.3 Å². The molecular formula is C17H14ClFN6. The maximum Gasteiger partial charge on any atom is 0.255 e. The molecule has 0 fully saturated rings. The van der Waals surface area contributed by atoms with Crippen molar-refractivity contribution in [3.05, 3.63) is 35.0 Å². The van der Waals surface area contributed by atoms with Gasteiger partial charge in [0.05, 0.1) is 22.5 Å². The summed E-state index contributed by atoms with van der Waals surface area (Å²) in [6, 6.07) is 4.89. The summed E-state index contributed by atoms with van der Waals surface area (Å²) < 4.78 is 18.3. The quantitative estimate of drug-likeness (QED) is 0.484. The van der Waals surface area contributed by atoms with Gasteiger partial charge in [0.1, 0.15) is 22.9 Å². The summed E-state index contributed by atoms with van der Waals surface area (Å²) in [4.78, 5) is 8.31. The monoisotopic (exact) mass is 356 g/mol. The third-order valence-corrected chi connectivity index (χ3v) is 4.26. The minimum absolute atomic E-state index is 0.0966. The highest BCUT2D eigenvalue weighted by atomic mass is 35.5. The number of aromatic nitrogens is 5. The highest BCUT2D eigenvalue weighted by molar-refractivity contribution is 6.36. The third kappa shape index (κ3) is 2.33. The van der Waals surface area contributed by atoms with E-state index < -0.39 is 5.82 Å². The van der Waals surface area contributed by atoms with Gasteiger partial charge in [-0.2, -0.15) is 24.8 Å². The normalized spacial score (nSPS) is 12.3. The van der Waals surface area contributed by atoms with Crippen LogP contribution < -0.4 is 0 Å². The lowest BCUT2D eigenvalue weighted by atomic mass is 9.97. The van der Waals surface area contributed by atoms with E-state index in [2.05, 4.69) is 35.8 Å². The van der Waals surface area contributed by atoms with Gasteiger partial charge in [0.2, 0.25) is 0 Å². The summed E-state index contributed by atoms with van der Waals surface area (Å²) in [6.45, 7) is 6.82. The molecule has 0 bridgehead atoms. The first-order chi connectivity index (χ1) is 11.8. The summed E-state index contributed by atoms with van der Waals surface area (Å²) in [5.41, 5.74) is 1.36. The molecule has 0 spiro atoms. The first-order valence-electron chi connectivity index (χ1n) is 7.71. The van der Waals surface area contributed by atoms with Crippen LogP contribution in [0.5, 0.6) is 0 Å². The fraction of sp³-hybridized carbons (Fsp3) is 0.294. The molecule has 0 saturated heterocycles. The molecule has 0 saturated carbocycles. The third-order valence-electron chi connectivity index (χ3n) is 3.99. The maximum absolute atomic E-state index is 14.8. The van der Waals surface area contributed by atoms with Crippen LogP contribution in [0, 0.1) is 22.6 Å². The molecule has 1 aromatic carbocycles. The van der Waals surface area contributed by atoms with Gasteiger partial charge in [-0.1, -0.05) is 32.4 Å². The maximum atomic E-state index is 14.8. The van der Waals surface area contributed by atoms with Gasteiger partial charge >= 0.3 is 0 Å². The smallest absolute Gasteiger partial charge is 0.255 e. The standard InChI is InChI=1S/C17H14ClFN6/c1-17(2,3)7-24-11-5-9(6-20)4-10(19)12(11)13-14(18)23-16-21-8-22-25(16)15(13)24/h4-5,8H,7H2,1-3H3. The van der Waals surface area contributed by atoms with E-state index in [-0.39, 0.29) is 16.1 Å². The van der Waals surface area contributed by atoms with Crippen LogP contribution in [-0.4, -0.2) is 24.1 Å². The van der Waals surface area contributed by atoms with Crippen LogP contribution in [0.15, 0.2) is 18.5 Å². The average molecular weight is 357 g/mol. The first-order valence-corrected chi connectivity index (χ1v) is 8.09. The molecule has 3 aromatic heterocycles. The summed E-state index contributed by atoms with van der Waals surface area (Å²) in [6.07, 6.45) is 1.38. The molecule has 0 unspecified atom stereocenters. The van der Waals surface area contributed by atoms with Crippen LogP contribution >= 0.6 is 11.6 Å². The molecule has 4 aromatic rings. The van der Waals surface area contributed by atoms with Gasteiger partial charge in [-0.15, -0.1) is 0 Å². The summed E-state index contributed by atoms with van der Waals surface area (Å²) in [5.74, 6) is -0.161. The van der Waals surface area contributed by atoms with Gasteiger partial charge in [0, 0.05) is 11.9 Å². The second-order valence-electron chi connectivity index (χ2n) is 7.18. The summed E-state index contributed by atoms with van der Waals surface area (Å²) in [7, 11) is 0. The Kier molecular flexibility index (Phi) is 3.24. The molecule has 0 atom stereocenters. The molecule has 0 amide bonds. The van der Waals surface area contributed by atoms with E-state index in [9.17, 15) is 9.65 Å². The number of nitrogens with zero attached hydrogens (tertiary/aromatic N) is 6. The molecule has 0 aliphatic heterocycles. The van der Waals surface area contributed by atoms with Gasteiger partial charge in [0.25, 0.3) is 5.78 Å². The number of hydrogen-bond donors (Lipinski definition) is 0. The van der Waals surface area contributed by atoms with Crippen LogP contribution in [-0.2, 0) is 6.54 Å². The van der Waals surface area contributed by atoms with E-state index in [4.69, 9.17) is 11.6 Å². The van der Waals surface area contributed by atoms with Gasteiger partial charge < -0.3 is 4.57 Å². The van der Waals surface area contributed by atoms with Crippen molar-refractivity contribution in [2.75, 3.05) is 0 Å². The Morgan fingerprint density at radius 1 is 1.28 bits per heavy atom. The van der Waals surface area contributed by atoms with Crippen molar-refractivity contribution in [1.82, 2.24) is 24.1 Å². The molecule has 6 nitrogen and oxygen atoms in total. The zero-order chi connectivity index (χ0) is 17.9. The van der Waals surface area contributed by atoms with Crippen molar-refractivity contribution >= 4 is 39.3 Å². The molecule has 0 aliphatic rings. The summed E-state index contributed by atoms with van der Waals surface area (Å²) in [5, 5.41) is 14.4. The molecule has 0 N–H and O–H groups in total. The number of rotatable bonds is 1. The molecule has 8 heteroatoms. The van der Waals surface area contributed by atoms with E-state index in [1.807, 2.05) is 10.6 Å². The van der Waals surface area contributed by atoms with Crippen molar-refractivity contribution in [3.63, 3.8) is 0 Å². The highest BCUT2D eigenvalue weighted by Gasteiger charge is 2.24. The van der Waals surface area contributed by atoms with Crippen molar-refractivity contribution in [2.24, 2.45) is 5.41 Å². The molecular weight excluding hydrogens is 343 g/mol. The second kappa shape index (κ2) is 5.14. The number of benzene rings is 1. The van der Waals surface area contributed by atoms with Gasteiger partial charge in [-0.3, -0.25) is 0 Å². The SMILES string of the molecule is CC(C)(C)Cn1c2cc(C#N)cc(F)c2c2c(Cl)nc3ncnn3c21. The van der Waals surface area contributed by atoms with Crippen LogP contribution in [0.25, 0.3) is 27.7 Å². The molecule has 3 heterocycles. The zero-order valence-electron chi connectivity index (χ0n) is 13.9. The van der Waals surface area contributed by atoms with E-state index in [0.717, 1.165) is 0 Å². The molecule has 4 rings (SSSR count). The fourth-order valence-corrected chi connectivity index (χ4v) is 3.39. The Hall–Kier alpha value is -2.72. The number of fused-ring (bicyclic) bond motifs is 5. The topological polar surface area (TPSA) is 71.8 Å². The van der Waals surface area contributed by atoms with Gasteiger partial charge in [-0.25, -0.2) is 4.39 Å². The minimum atomic E-state index is -0.505. The lowest BCUT2D eigenvalue weighted by Gasteiger charge is -2.20. The Balaban J connectivity index is 2.31. The van der Waals surface area contributed by atoms with Crippen LogP contribution in [0.2, 0.25) is 5.15 Å². The lowest BCUT2D eigenvalue weighted by molar-refractivity contribution is 0.352. The second-order valence-corrected chi connectivity index (χ2v) is 7.54. The van der Waals surface area contributed by atoms with Gasteiger partial charge in [0.15, 0.2) is 0 Å². The molecule has 126 valence electrons. The summed E-state index contributed by atoms with van der Waals surface area (Å²) >= 11 is 6.36. The van der Waals surface area contributed by atoms with Crippen LogP contribution in [0.1, 0.15) is 26.3 Å². The molecule has 0 aliphatic carbocycles. The van der Waals surface area contributed by atoms with Crippen molar-refractivity contribution in [1.29, 1.82) is 5.26 Å². The highest BCUT2D eigenvalue weighted by Crippen LogP contribution is 2.37. The fourth-order valence-electron chi connectivity index (χ4n) is 3.13. The first kappa shape index (κ1) is 15.8. The number of hydrogen-bond acceptors (Lipinski definition) is 4. The van der Waals surface area contributed by atoms with E-state index >= 15 is 0 Å². The van der Waals surface area contributed by atoms with Crippen molar-refractivity contribution < 1.29 is 4.39 Å². The predicted octanol–water partition coefficient (Wildman–Crippen LogP) is 3.94. The Labute approximate surface area is 147 Å². The molecule has 0 radical (unpaired) electrons. The average Bonchev–Trinajstić information content (AvgIpc) is 3.09. The number of halogens is 2. The predicted molar refractivity (Wildman–Crippen MR) is 92.9 cm³/mol. The van der Waals surface area contributed by atoms with Crippen LogP contribution in [0.4, 0.5) is 4.39 Å². The zero-order valence-corrected chi connectivity index (χ0v) is 14.6.